The molecule has 1 fully saturated rings. The molecule has 7 heteroatoms. The van der Waals surface area contributed by atoms with Crippen molar-refractivity contribution >= 4 is 23.2 Å². The molecule has 0 aliphatic carbocycles. The molecule has 0 saturated carbocycles. The van der Waals surface area contributed by atoms with Crippen molar-refractivity contribution in [2.45, 2.75) is 26.0 Å². The van der Waals surface area contributed by atoms with Gasteiger partial charge in [-0.3, -0.25) is 14.5 Å². The molecule has 0 unspecified atom stereocenters. The molecule has 1 aromatic heterocycles. The largest absolute Gasteiger partial charge is 0.367 e. The average Bonchev–Trinajstić information content (AvgIpc) is 3.39. The molecule has 5 rings (SSSR count). The van der Waals surface area contributed by atoms with Crippen LogP contribution in [0.15, 0.2) is 66.0 Å². The van der Waals surface area contributed by atoms with E-state index in [1.54, 1.807) is 0 Å². The van der Waals surface area contributed by atoms with E-state index < -0.39 is 0 Å². The number of ether oxygens (including phenoxy) is 1. The third kappa shape index (κ3) is 5.53. The molecule has 2 aliphatic heterocycles. The number of benzene rings is 2. The van der Waals surface area contributed by atoms with Gasteiger partial charge in [-0.05, 0) is 47.0 Å². The first-order chi connectivity index (χ1) is 17.6. The fourth-order valence-corrected chi connectivity index (χ4v) is 6.10. The molecule has 36 heavy (non-hydrogen) atoms. The predicted octanol–water partition coefficient (Wildman–Crippen LogP) is 3.89. The Morgan fingerprint density at radius 1 is 0.861 bits per heavy atom. The second kappa shape index (κ2) is 11.4. The first kappa shape index (κ1) is 24.7. The van der Waals surface area contributed by atoms with Crippen molar-refractivity contribution in [3.8, 4) is 0 Å². The summed E-state index contributed by atoms with van der Waals surface area (Å²) in [7, 11) is 0. The van der Waals surface area contributed by atoms with Crippen molar-refractivity contribution in [3.05, 3.63) is 93.2 Å². The van der Waals surface area contributed by atoms with Gasteiger partial charge in [-0.15, -0.1) is 11.3 Å². The first-order valence-corrected chi connectivity index (χ1v) is 13.5. The van der Waals surface area contributed by atoms with Gasteiger partial charge in [-0.1, -0.05) is 54.6 Å². The zero-order valence-corrected chi connectivity index (χ0v) is 21.6. The molecule has 1 atom stereocenters. The van der Waals surface area contributed by atoms with Gasteiger partial charge in [0, 0.05) is 37.6 Å². The van der Waals surface area contributed by atoms with Gasteiger partial charge in [0.25, 0.3) is 0 Å². The van der Waals surface area contributed by atoms with E-state index in [9.17, 15) is 9.59 Å². The summed E-state index contributed by atoms with van der Waals surface area (Å²) in [5, 5.41) is 2.17. The fourth-order valence-electron chi connectivity index (χ4n) is 5.20. The Morgan fingerprint density at radius 3 is 2.31 bits per heavy atom. The number of aryl methyl sites for hydroxylation is 1. The molecule has 2 aromatic carbocycles. The molecule has 2 aliphatic rings. The summed E-state index contributed by atoms with van der Waals surface area (Å²) >= 11 is 1.82. The van der Waals surface area contributed by atoms with Gasteiger partial charge in [-0.25, -0.2) is 0 Å². The minimum Gasteiger partial charge on any atom is -0.367 e. The Hall–Kier alpha value is -3.00. The highest BCUT2D eigenvalue weighted by atomic mass is 32.1. The lowest BCUT2D eigenvalue weighted by Gasteiger charge is -2.39. The number of hydrogen-bond donors (Lipinski definition) is 0. The number of carbonyl (C=O) groups is 2. The molecular formula is C29H33N3O3S. The number of hydrogen-bond acceptors (Lipinski definition) is 5. The summed E-state index contributed by atoms with van der Waals surface area (Å²) in [5.74, 6) is 0.123. The van der Waals surface area contributed by atoms with Crippen LogP contribution in [0.4, 0.5) is 0 Å². The number of fused-ring (bicyclic) bond motifs is 1. The van der Waals surface area contributed by atoms with Crippen LogP contribution in [0.1, 0.15) is 33.2 Å². The lowest BCUT2D eigenvalue weighted by Crippen LogP contribution is -2.53. The Labute approximate surface area is 217 Å². The zero-order chi connectivity index (χ0) is 24.9. The second-order valence-corrected chi connectivity index (χ2v) is 10.5. The van der Waals surface area contributed by atoms with Crippen LogP contribution >= 0.6 is 11.3 Å². The van der Waals surface area contributed by atoms with Crippen molar-refractivity contribution in [2.75, 3.05) is 45.9 Å². The number of piperazine rings is 1. The second-order valence-electron chi connectivity index (χ2n) is 9.52. The van der Waals surface area contributed by atoms with Crippen molar-refractivity contribution in [1.29, 1.82) is 0 Å². The maximum absolute atomic E-state index is 13.3. The van der Waals surface area contributed by atoms with Gasteiger partial charge in [0.15, 0.2) is 0 Å². The number of amides is 2. The average molecular weight is 504 g/mol. The quantitative estimate of drug-likeness (QED) is 0.491. The lowest BCUT2D eigenvalue weighted by atomic mass is 9.90. The highest BCUT2D eigenvalue weighted by Gasteiger charge is 2.33. The van der Waals surface area contributed by atoms with Gasteiger partial charge in [0.2, 0.25) is 11.8 Å². The van der Waals surface area contributed by atoms with E-state index in [0.717, 1.165) is 18.5 Å². The molecule has 3 aromatic rings. The molecule has 0 spiro atoms. The Balaban J connectivity index is 1.16. The van der Waals surface area contributed by atoms with Crippen LogP contribution in [0.2, 0.25) is 0 Å². The maximum Gasteiger partial charge on any atom is 0.248 e. The molecule has 1 saturated heterocycles. The molecule has 6 nitrogen and oxygen atoms in total. The van der Waals surface area contributed by atoms with Crippen LogP contribution in [0.25, 0.3) is 0 Å². The highest BCUT2D eigenvalue weighted by molar-refractivity contribution is 7.10. The Bertz CT molecular complexity index is 1190. The fraction of sp³-hybridized carbons (Fsp3) is 0.379. The SMILES string of the molecule is Cc1ccccc1[C@@H]1c2ccsc2CCN1CC(=O)N1CCN(C(=O)COCc2ccccc2)CC1. The van der Waals surface area contributed by atoms with Crippen molar-refractivity contribution in [3.63, 3.8) is 0 Å². The van der Waals surface area contributed by atoms with E-state index in [-0.39, 0.29) is 24.5 Å². The monoisotopic (exact) mass is 503 g/mol. The van der Waals surface area contributed by atoms with Crippen molar-refractivity contribution in [2.24, 2.45) is 0 Å². The summed E-state index contributed by atoms with van der Waals surface area (Å²) < 4.78 is 5.62. The predicted molar refractivity (Wildman–Crippen MR) is 142 cm³/mol. The Kier molecular flexibility index (Phi) is 7.80. The number of rotatable bonds is 7. The smallest absolute Gasteiger partial charge is 0.248 e. The van der Waals surface area contributed by atoms with Crippen LogP contribution in [0.3, 0.4) is 0 Å². The zero-order valence-electron chi connectivity index (χ0n) is 20.8. The lowest BCUT2D eigenvalue weighted by molar-refractivity contribution is -0.143. The number of carbonyl (C=O) groups excluding carboxylic acids is 2. The molecule has 188 valence electrons. The van der Waals surface area contributed by atoms with E-state index in [2.05, 4.69) is 47.5 Å². The van der Waals surface area contributed by atoms with Gasteiger partial charge < -0.3 is 14.5 Å². The van der Waals surface area contributed by atoms with E-state index in [1.807, 2.05) is 51.5 Å². The summed E-state index contributed by atoms with van der Waals surface area (Å²) in [6.07, 6.45) is 0.980. The van der Waals surface area contributed by atoms with Crippen molar-refractivity contribution < 1.29 is 14.3 Å². The molecule has 0 N–H and O–H groups in total. The summed E-state index contributed by atoms with van der Waals surface area (Å²) in [6, 6.07) is 20.7. The maximum atomic E-state index is 13.3. The van der Waals surface area contributed by atoms with E-state index in [0.29, 0.717) is 39.3 Å². The highest BCUT2D eigenvalue weighted by Crippen LogP contribution is 2.38. The van der Waals surface area contributed by atoms with E-state index in [4.69, 9.17) is 4.74 Å². The standard InChI is InChI=1S/C29H33N3O3S/c1-22-7-5-6-10-24(22)29-25-12-18-36-26(25)11-13-32(29)19-27(33)30-14-16-31(17-15-30)28(34)21-35-20-23-8-3-2-4-9-23/h2-10,12,18,29H,11,13-17,19-21H2,1H3/t29-/m1/s1. The van der Waals surface area contributed by atoms with Crippen molar-refractivity contribution in [1.82, 2.24) is 14.7 Å². The van der Waals surface area contributed by atoms with E-state index >= 15 is 0 Å². The van der Waals surface area contributed by atoms with Crippen LogP contribution in [0, 0.1) is 6.92 Å². The summed E-state index contributed by atoms with van der Waals surface area (Å²) in [5.41, 5.74) is 4.91. The van der Waals surface area contributed by atoms with E-state index in [1.165, 1.54) is 21.6 Å². The Morgan fingerprint density at radius 2 is 1.56 bits per heavy atom. The topological polar surface area (TPSA) is 53.1 Å². The molecule has 3 heterocycles. The van der Waals surface area contributed by atoms with Gasteiger partial charge in [0.05, 0.1) is 19.2 Å². The van der Waals surface area contributed by atoms with Crippen LogP contribution in [-0.4, -0.2) is 72.4 Å². The molecule has 0 bridgehead atoms. The van der Waals surface area contributed by atoms with Crippen LogP contribution in [0.5, 0.6) is 0 Å². The van der Waals surface area contributed by atoms with Gasteiger partial charge in [-0.2, -0.15) is 0 Å². The molecular weight excluding hydrogens is 470 g/mol. The summed E-state index contributed by atoms with van der Waals surface area (Å²) in [6.45, 7) is 6.14. The minimum atomic E-state index is -0.0151. The normalized spacial score (nSPS) is 18.2. The van der Waals surface area contributed by atoms with Gasteiger partial charge >= 0.3 is 0 Å². The molecule has 2 amide bonds. The number of nitrogens with zero attached hydrogens (tertiary/aromatic N) is 3. The third-order valence-electron chi connectivity index (χ3n) is 7.21. The first-order valence-electron chi connectivity index (χ1n) is 12.6. The molecule has 0 radical (unpaired) electrons. The van der Waals surface area contributed by atoms with Crippen LogP contribution < -0.4 is 0 Å². The third-order valence-corrected chi connectivity index (χ3v) is 8.21. The van der Waals surface area contributed by atoms with Gasteiger partial charge in [0.1, 0.15) is 6.61 Å². The number of thiophene rings is 1. The van der Waals surface area contributed by atoms with Crippen LogP contribution in [-0.2, 0) is 27.4 Å². The summed E-state index contributed by atoms with van der Waals surface area (Å²) in [4.78, 5) is 33.4. The minimum absolute atomic E-state index is 0.0151.